The molecule has 2 aliphatic rings. The standard InChI is InChI=1S/C25H29ClN4O2S/c1-28-12-14-29(15-13-28)11-5-10-27-24(31)18-30-21-8-2-3-9-22(21)33-23(25(30)32)17-19-6-4-7-20(26)16-19/h2-4,6-9,16-17H,5,10-15,18H2,1H3,(H,27,31)/b23-17+. The Morgan fingerprint density at radius 1 is 1.12 bits per heavy atom. The fraction of sp³-hybridized carbons (Fsp3) is 0.360. The lowest BCUT2D eigenvalue weighted by atomic mass is 10.2. The highest BCUT2D eigenvalue weighted by atomic mass is 35.5. The molecular weight excluding hydrogens is 456 g/mol. The first-order valence-electron chi connectivity index (χ1n) is 11.2. The molecule has 0 saturated carbocycles. The number of piperazine rings is 1. The number of rotatable bonds is 7. The van der Waals surface area contributed by atoms with E-state index in [1.165, 1.54) is 11.8 Å². The Morgan fingerprint density at radius 2 is 1.91 bits per heavy atom. The molecule has 4 rings (SSSR count). The third-order valence-corrected chi connectivity index (χ3v) is 7.16. The number of fused-ring (bicyclic) bond motifs is 1. The van der Waals surface area contributed by atoms with Crippen LogP contribution in [0.2, 0.25) is 5.02 Å². The van der Waals surface area contributed by atoms with Gasteiger partial charge in [-0.1, -0.05) is 47.6 Å². The molecule has 0 spiro atoms. The average Bonchev–Trinajstić information content (AvgIpc) is 2.81. The number of halogens is 1. The minimum atomic E-state index is -0.175. The van der Waals surface area contributed by atoms with E-state index in [2.05, 4.69) is 22.2 Å². The molecule has 2 aromatic carbocycles. The fourth-order valence-corrected chi connectivity index (χ4v) is 5.23. The highest BCUT2D eigenvalue weighted by Crippen LogP contribution is 2.41. The summed E-state index contributed by atoms with van der Waals surface area (Å²) < 4.78 is 0. The molecule has 1 saturated heterocycles. The number of nitrogens with zero attached hydrogens (tertiary/aromatic N) is 3. The Morgan fingerprint density at radius 3 is 2.70 bits per heavy atom. The van der Waals surface area contributed by atoms with Crippen LogP contribution in [0, 0.1) is 0 Å². The summed E-state index contributed by atoms with van der Waals surface area (Å²) in [4.78, 5) is 33.8. The van der Waals surface area contributed by atoms with E-state index >= 15 is 0 Å². The average molecular weight is 485 g/mol. The highest BCUT2D eigenvalue weighted by molar-refractivity contribution is 8.04. The second kappa shape index (κ2) is 11.2. The molecule has 0 atom stereocenters. The zero-order valence-corrected chi connectivity index (χ0v) is 20.4. The minimum Gasteiger partial charge on any atom is -0.355 e. The number of anilines is 1. The lowest BCUT2D eigenvalue weighted by Crippen LogP contribution is -2.45. The number of nitrogens with one attached hydrogen (secondary N) is 1. The Labute approximate surface area is 204 Å². The van der Waals surface area contributed by atoms with Crippen molar-refractivity contribution in [2.24, 2.45) is 0 Å². The maximum atomic E-state index is 13.3. The van der Waals surface area contributed by atoms with Crippen LogP contribution in [0.1, 0.15) is 12.0 Å². The van der Waals surface area contributed by atoms with Crippen LogP contribution in [0.25, 0.3) is 6.08 Å². The van der Waals surface area contributed by atoms with Gasteiger partial charge >= 0.3 is 0 Å². The van der Waals surface area contributed by atoms with Gasteiger partial charge in [-0.3, -0.25) is 14.5 Å². The molecule has 0 aromatic heterocycles. The monoisotopic (exact) mass is 484 g/mol. The highest BCUT2D eigenvalue weighted by Gasteiger charge is 2.30. The van der Waals surface area contributed by atoms with Gasteiger partial charge in [0.05, 0.1) is 10.6 Å². The number of carbonyl (C=O) groups excluding carboxylic acids is 2. The summed E-state index contributed by atoms with van der Waals surface area (Å²) in [7, 11) is 2.14. The number of carbonyl (C=O) groups is 2. The maximum absolute atomic E-state index is 13.3. The molecule has 1 N–H and O–H groups in total. The molecule has 174 valence electrons. The van der Waals surface area contributed by atoms with Crippen LogP contribution < -0.4 is 10.2 Å². The molecule has 2 aromatic rings. The van der Waals surface area contributed by atoms with Crippen molar-refractivity contribution in [2.75, 3.05) is 57.8 Å². The first-order chi connectivity index (χ1) is 16.0. The van der Waals surface area contributed by atoms with Crippen molar-refractivity contribution in [1.29, 1.82) is 0 Å². The van der Waals surface area contributed by atoms with E-state index in [9.17, 15) is 9.59 Å². The van der Waals surface area contributed by atoms with E-state index in [4.69, 9.17) is 11.6 Å². The van der Waals surface area contributed by atoms with Crippen LogP contribution in [-0.2, 0) is 9.59 Å². The predicted octanol–water partition coefficient (Wildman–Crippen LogP) is 3.57. The third-order valence-electron chi connectivity index (χ3n) is 5.85. The van der Waals surface area contributed by atoms with Gasteiger partial charge in [-0.25, -0.2) is 0 Å². The van der Waals surface area contributed by atoms with Gasteiger partial charge in [0, 0.05) is 42.6 Å². The Balaban J connectivity index is 1.38. The maximum Gasteiger partial charge on any atom is 0.265 e. The van der Waals surface area contributed by atoms with Gasteiger partial charge in [-0.2, -0.15) is 0 Å². The second-order valence-electron chi connectivity index (χ2n) is 8.37. The van der Waals surface area contributed by atoms with E-state index in [1.54, 1.807) is 11.0 Å². The van der Waals surface area contributed by atoms with Gasteiger partial charge in [0.1, 0.15) is 6.54 Å². The number of hydrogen-bond acceptors (Lipinski definition) is 5. The number of amides is 2. The number of benzene rings is 2. The second-order valence-corrected chi connectivity index (χ2v) is 9.89. The number of hydrogen-bond donors (Lipinski definition) is 1. The quantitative estimate of drug-likeness (QED) is 0.481. The predicted molar refractivity (Wildman–Crippen MR) is 136 cm³/mol. The summed E-state index contributed by atoms with van der Waals surface area (Å²) >= 11 is 7.52. The van der Waals surface area contributed by atoms with Crippen molar-refractivity contribution >= 4 is 46.9 Å². The first-order valence-corrected chi connectivity index (χ1v) is 12.4. The van der Waals surface area contributed by atoms with Gasteiger partial charge in [0.25, 0.3) is 5.91 Å². The summed E-state index contributed by atoms with van der Waals surface area (Å²) in [5, 5.41) is 3.60. The topological polar surface area (TPSA) is 55.9 Å². The minimum absolute atomic E-state index is 0.00218. The summed E-state index contributed by atoms with van der Waals surface area (Å²) in [5.74, 6) is -0.322. The number of thioether (sulfide) groups is 1. The fourth-order valence-electron chi connectivity index (χ4n) is 3.97. The molecule has 2 heterocycles. The smallest absolute Gasteiger partial charge is 0.265 e. The van der Waals surface area contributed by atoms with Gasteiger partial charge in [0.2, 0.25) is 5.91 Å². The van der Waals surface area contributed by atoms with Gasteiger partial charge in [-0.05, 0) is 55.9 Å². The molecule has 2 amide bonds. The summed E-state index contributed by atoms with van der Waals surface area (Å²) in [6, 6.07) is 15.1. The van der Waals surface area contributed by atoms with Crippen LogP contribution in [0.15, 0.2) is 58.3 Å². The van der Waals surface area contributed by atoms with E-state index in [1.807, 2.05) is 48.5 Å². The molecule has 0 aliphatic carbocycles. The molecule has 2 aliphatic heterocycles. The summed E-state index contributed by atoms with van der Waals surface area (Å²) in [6.07, 6.45) is 2.73. The van der Waals surface area contributed by atoms with Crippen molar-refractivity contribution in [3.05, 3.63) is 64.0 Å². The molecule has 0 bridgehead atoms. The van der Waals surface area contributed by atoms with Crippen molar-refractivity contribution in [2.45, 2.75) is 11.3 Å². The SMILES string of the molecule is CN1CCN(CCCNC(=O)CN2C(=O)/C(=C\c3cccc(Cl)c3)Sc3ccccc32)CC1. The molecule has 0 unspecified atom stereocenters. The molecule has 0 radical (unpaired) electrons. The molecular formula is C25H29ClN4O2S. The van der Waals surface area contributed by atoms with E-state index < -0.39 is 0 Å². The lowest BCUT2D eigenvalue weighted by Gasteiger charge is -2.32. The van der Waals surface area contributed by atoms with E-state index in [0.29, 0.717) is 16.5 Å². The van der Waals surface area contributed by atoms with Gasteiger partial charge < -0.3 is 15.1 Å². The summed E-state index contributed by atoms with van der Waals surface area (Å²) in [5.41, 5.74) is 1.62. The Bertz CT molecular complexity index is 1040. The molecule has 1 fully saturated rings. The Kier molecular flexibility index (Phi) is 8.09. The van der Waals surface area contributed by atoms with Crippen LogP contribution in [0.3, 0.4) is 0 Å². The van der Waals surface area contributed by atoms with Crippen LogP contribution in [0.4, 0.5) is 5.69 Å². The van der Waals surface area contributed by atoms with Crippen LogP contribution in [0.5, 0.6) is 0 Å². The van der Waals surface area contributed by atoms with E-state index in [0.717, 1.165) is 55.3 Å². The van der Waals surface area contributed by atoms with Crippen LogP contribution in [-0.4, -0.2) is 74.5 Å². The van der Waals surface area contributed by atoms with Crippen molar-refractivity contribution < 1.29 is 9.59 Å². The summed E-state index contributed by atoms with van der Waals surface area (Å²) in [6.45, 7) is 5.90. The first kappa shape index (κ1) is 23.8. The third kappa shape index (κ3) is 6.38. The van der Waals surface area contributed by atoms with E-state index in [-0.39, 0.29) is 18.4 Å². The molecule has 6 nitrogen and oxygen atoms in total. The number of para-hydroxylation sites is 1. The van der Waals surface area contributed by atoms with Crippen molar-refractivity contribution in [1.82, 2.24) is 15.1 Å². The van der Waals surface area contributed by atoms with Crippen molar-refractivity contribution in [3.8, 4) is 0 Å². The zero-order chi connectivity index (χ0) is 23.2. The van der Waals surface area contributed by atoms with Gasteiger partial charge in [-0.15, -0.1) is 0 Å². The normalized spacial score (nSPS) is 18.4. The molecule has 8 heteroatoms. The zero-order valence-electron chi connectivity index (χ0n) is 18.8. The van der Waals surface area contributed by atoms with Crippen molar-refractivity contribution in [3.63, 3.8) is 0 Å². The number of likely N-dealkylation sites (N-methyl/N-ethyl adjacent to an activating group) is 1. The largest absolute Gasteiger partial charge is 0.355 e. The molecule has 33 heavy (non-hydrogen) atoms. The van der Waals surface area contributed by atoms with Gasteiger partial charge in [0.15, 0.2) is 0 Å². The van der Waals surface area contributed by atoms with Crippen LogP contribution >= 0.6 is 23.4 Å². The Hall–Kier alpha value is -2.32. The lowest BCUT2D eigenvalue weighted by molar-refractivity contribution is -0.122.